The SMILES string of the molecule is O=C(CC1CCN(S(=O)(=O)c2ccccc2C(F)(F)F)C1)NC12CC3CC(CC(C3)C1)C2. The van der Waals surface area contributed by atoms with Gasteiger partial charge < -0.3 is 5.32 Å². The van der Waals surface area contributed by atoms with Crippen LogP contribution in [0.1, 0.15) is 56.9 Å². The molecule has 0 radical (unpaired) electrons. The molecule has 1 atom stereocenters. The molecule has 5 nitrogen and oxygen atoms in total. The number of rotatable bonds is 5. The summed E-state index contributed by atoms with van der Waals surface area (Å²) in [6, 6.07) is 4.28. The van der Waals surface area contributed by atoms with E-state index in [0.717, 1.165) is 35.7 Å². The Hall–Kier alpha value is -1.61. The highest BCUT2D eigenvalue weighted by atomic mass is 32.2. The normalized spacial score (nSPS) is 34.7. The van der Waals surface area contributed by atoms with Crippen LogP contribution in [0, 0.1) is 23.7 Å². The van der Waals surface area contributed by atoms with Crippen molar-refractivity contribution >= 4 is 15.9 Å². The number of carbonyl (C=O) groups is 1. The molecule has 5 fully saturated rings. The highest BCUT2D eigenvalue weighted by Crippen LogP contribution is 2.55. The predicted octanol–water partition coefficient (Wildman–Crippen LogP) is 4.19. The van der Waals surface area contributed by atoms with E-state index in [1.54, 1.807) is 0 Å². The monoisotopic (exact) mass is 470 g/mol. The van der Waals surface area contributed by atoms with Gasteiger partial charge >= 0.3 is 6.18 Å². The van der Waals surface area contributed by atoms with Gasteiger partial charge in [0.1, 0.15) is 0 Å². The third-order valence-electron chi connectivity index (χ3n) is 7.98. The lowest BCUT2D eigenvalue weighted by atomic mass is 9.53. The molecule has 176 valence electrons. The maximum absolute atomic E-state index is 13.3. The number of halogens is 3. The predicted molar refractivity (Wildman–Crippen MR) is 112 cm³/mol. The number of nitrogens with one attached hydrogen (secondary N) is 1. The van der Waals surface area contributed by atoms with Crippen LogP contribution in [0.3, 0.4) is 0 Å². The van der Waals surface area contributed by atoms with Crippen molar-refractivity contribution in [3.05, 3.63) is 29.8 Å². The lowest BCUT2D eigenvalue weighted by Crippen LogP contribution is -2.60. The molecule has 6 rings (SSSR count). The summed E-state index contributed by atoms with van der Waals surface area (Å²) in [6.45, 7) is 0.201. The maximum Gasteiger partial charge on any atom is 0.417 e. The van der Waals surface area contributed by atoms with Crippen LogP contribution in [-0.2, 0) is 21.0 Å². The first kappa shape index (κ1) is 22.2. The molecule has 32 heavy (non-hydrogen) atoms. The second-order valence-corrected chi connectivity index (χ2v) is 12.4. The first-order chi connectivity index (χ1) is 15.0. The van der Waals surface area contributed by atoms with Crippen molar-refractivity contribution < 1.29 is 26.4 Å². The van der Waals surface area contributed by atoms with E-state index in [0.29, 0.717) is 24.2 Å². The lowest BCUT2D eigenvalue weighted by Gasteiger charge is -2.57. The van der Waals surface area contributed by atoms with E-state index in [2.05, 4.69) is 5.32 Å². The number of hydrogen-bond acceptors (Lipinski definition) is 3. The van der Waals surface area contributed by atoms with Crippen LogP contribution < -0.4 is 5.32 Å². The topological polar surface area (TPSA) is 66.5 Å². The van der Waals surface area contributed by atoms with E-state index in [1.165, 1.54) is 31.4 Å². The smallest absolute Gasteiger partial charge is 0.351 e. The van der Waals surface area contributed by atoms with Gasteiger partial charge in [-0.3, -0.25) is 4.79 Å². The number of hydrogen-bond donors (Lipinski definition) is 1. The van der Waals surface area contributed by atoms with Crippen LogP contribution >= 0.6 is 0 Å². The fourth-order valence-corrected chi connectivity index (χ4v) is 8.86. The molecule has 1 amide bonds. The molecule has 5 aliphatic rings. The molecule has 1 heterocycles. The molecule has 1 saturated heterocycles. The fraction of sp³-hybridized carbons (Fsp3) is 0.696. The van der Waals surface area contributed by atoms with E-state index < -0.39 is 26.7 Å². The van der Waals surface area contributed by atoms with Gasteiger partial charge in [0, 0.05) is 25.0 Å². The molecular weight excluding hydrogens is 441 g/mol. The zero-order chi connectivity index (χ0) is 22.7. The molecule has 0 spiro atoms. The summed E-state index contributed by atoms with van der Waals surface area (Å²) < 4.78 is 67.0. The standard InChI is InChI=1S/C23H29F3N2O3S/c24-23(25,26)19-3-1-2-4-20(19)32(30,31)28-6-5-15(14-28)10-21(29)27-22-11-16-7-17(12-22)9-18(8-16)13-22/h1-4,15-18H,5-14H2,(H,27,29). The fourth-order valence-electron chi connectivity index (χ4n) is 7.12. The minimum Gasteiger partial charge on any atom is -0.351 e. The van der Waals surface area contributed by atoms with E-state index in [1.807, 2.05) is 0 Å². The first-order valence-electron chi connectivity index (χ1n) is 11.5. The Kier molecular flexibility index (Phi) is 5.36. The van der Waals surface area contributed by atoms with E-state index in [-0.39, 0.29) is 36.9 Å². The lowest BCUT2D eigenvalue weighted by molar-refractivity contribution is -0.140. The van der Waals surface area contributed by atoms with Crippen LogP contribution in [-0.4, -0.2) is 37.3 Å². The van der Waals surface area contributed by atoms with Gasteiger partial charge in [0.25, 0.3) is 0 Å². The number of sulfonamides is 1. The van der Waals surface area contributed by atoms with Gasteiger partial charge in [-0.25, -0.2) is 8.42 Å². The Morgan fingerprint density at radius 2 is 1.66 bits per heavy atom. The summed E-state index contributed by atoms with van der Waals surface area (Å²) in [5.41, 5.74) is -1.25. The van der Waals surface area contributed by atoms with Crippen molar-refractivity contribution in [3.8, 4) is 0 Å². The zero-order valence-corrected chi connectivity index (χ0v) is 18.7. The summed E-state index contributed by atoms with van der Waals surface area (Å²) in [4.78, 5) is 12.2. The second kappa shape index (κ2) is 7.72. The van der Waals surface area contributed by atoms with Gasteiger partial charge in [-0.15, -0.1) is 0 Å². The van der Waals surface area contributed by atoms with Gasteiger partial charge in [0.2, 0.25) is 15.9 Å². The van der Waals surface area contributed by atoms with Crippen molar-refractivity contribution in [1.29, 1.82) is 0 Å². The summed E-state index contributed by atoms with van der Waals surface area (Å²) in [5, 5.41) is 3.31. The quantitative estimate of drug-likeness (QED) is 0.702. The molecule has 4 aliphatic carbocycles. The van der Waals surface area contributed by atoms with Crippen LogP contribution in [0.4, 0.5) is 13.2 Å². The van der Waals surface area contributed by atoms with Crippen LogP contribution in [0.25, 0.3) is 0 Å². The van der Waals surface area contributed by atoms with Gasteiger partial charge in [-0.1, -0.05) is 12.1 Å². The molecule has 4 saturated carbocycles. The third-order valence-corrected chi connectivity index (χ3v) is 9.90. The van der Waals surface area contributed by atoms with Crippen molar-refractivity contribution in [2.45, 2.75) is 68.0 Å². The highest BCUT2D eigenvalue weighted by molar-refractivity contribution is 7.89. The summed E-state index contributed by atoms with van der Waals surface area (Å²) in [7, 11) is -4.28. The molecule has 1 aliphatic heterocycles. The Bertz CT molecular complexity index is 973. The van der Waals surface area contributed by atoms with Crippen molar-refractivity contribution in [2.24, 2.45) is 23.7 Å². The number of carbonyl (C=O) groups excluding carboxylic acids is 1. The number of benzene rings is 1. The second-order valence-electron chi connectivity index (χ2n) is 10.5. The summed E-state index contributed by atoms with van der Waals surface area (Å²) in [5.74, 6) is 1.90. The molecule has 1 N–H and O–H groups in total. The maximum atomic E-state index is 13.3. The zero-order valence-electron chi connectivity index (χ0n) is 17.9. The van der Waals surface area contributed by atoms with Crippen molar-refractivity contribution in [2.75, 3.05) is 13.1 Å². The largest absolute Gasteiger partial charge is 0.417 e. The Balaban J connectivity index is 1.23. The first-order valence-corrected chi connectivity index (χ1v) is 13.0. The van der Waals surface area contributed by atoms with Gasteiger partial charge in [0.05, 0.1) is 10.5 Å². The molecular formula is C23H29F3N2O3S. The Morgan fingerprint density at radius 3 is 2.25 bits per heavy atom. The molecule has 1 aromatic carbocycles. The van der Waals surface area contributed by atoms with Crippen molar-refractivity contribution in [1.82, 2.24) is 9.62 Å². The number of amides is 1. The molecule has 0 aromatic heterocycles. The minimum atomic E-state index is -4.75. The van der Waals surface area contributed by atoms with Gasteiger partial charge in [-0.2, -0.15) is 17.5 Å². The van der Waals surface area contributed by atoms with E-state index in [4.69, 9.17) is 0 Å². The molecule has 1 unspecified atom stereocenters. The summed E-state index contributed by atoms with van der Waals surface area (Å²) >= 11 is 0. The average molecular weight is 471 g/mol. The highest BCUT2D eigenvalue weighted by Gasteiger charge is 2.51. The minimum absolute atomic E-state index is 0.0492. The van der Waals surface area contributed by atoms with Crippen LogP contribution in [0.2, 0.25) is 0 Å². The van der Waals surface area contributed by atoms with E-state index >= 15 is 0 Å². The summed E-state index contributed by atoms with van der Waals surface area (Å²) in [6.07, 6.45) is 2.92. The molecule has 9 heteroatoms. The number of nitrogens with zero attached hydrogens (tertiary/aromatic N) is 1. The van der Waals surface area contributed by atoms with Crippen molar-refractivity contribution in [3.63, 3.8) is 0 Å². The molecule has 1 aromatic rings. The average Bonchev–Trinajstić information content (AvgIpc) is 3.15. The third kappa shape index (κ3) is 4.06. The number of alkyl halides is 3. The molecule has 4 bridgehead atoms. The van der Waals surface area contributed by atoms with Gasteiger partial charge in [-0.05, 0) is 80.8 Å². The van der Waals surface area contributed by atoms with Crippen LogP contribution in [0.15, 0.2) is 29.2 Å². The Morgan fingerprint density at radius 1 is 1.06 bits per heavy atom. The van der Waals surface area contributed by atoms with Crippen LogP contribution in [0.5, 0.6) is 0 Å². The van der Waals surface area contributed by atoms with E-state index in [9.17, 15) is 26.4 Å². The van der Waals surface area contributed by atoms with Gasteiger partial charge in [0.15, 0.2) is 0 Å². The Labute approximate surface area is 186 Å².